The van der Waals surface area contributed by atoms with Gasteiger partial charge in [-0.1, -0.05) is 23.3 Å². The Morgan fingerprint density at radius 2 is 1.93 bits per heavy atom. The Kier molecular flexibility index (Phi) is 11.3. The predicted molar refractivity (Wildman–Crippen MR) is 177 cm³/mol. The molecule has 44 heavy (non-hydrogen) atoms. The summed E-state index contributed by atoms with van der Waals surface area (Å²) in [5.41, 5.74) is 1.64. The van der Waals surface area contributed by atoms with Gasteiger partial charge >= 0.3 is 11.9 Å². The molecule has 0 radical (unpaired) electrons. The van der Waals surface area contributed by atoms with Crippen molar-refractivity contribution in [1.29, 1.82) is 0 Å². The number of carbonyl (C=O) groups excluding carboxylic acids is 2. The molecule has 3 aromatic rings. The molecule has 1 aromatic heterocycles. The summed E-state index contributed by atoms with van der Waals surface area (Å²) in [7, 11) is 1.27. The van der Waals surface area contributed by atoms with Crippen molar-refractivity contribution >= 4 is 67.9 Å². The minimum atomic E-state index is -0.868. The van der Waals surface area contributed by atoms with Crippen molar-refractivity contribution in [3.05, 3.63) is 80.5 Å². The average Bonchev–Trinajstić information content (AvgIpc) is 3.29. The monoisotopic (exact) mass is 794 g/mol. The van der Waals surface area contributed by atoms with Gasteiger partial charge in [-0.2, -0.15) is 0 Å². The molecule has 1 atom stereocenters. The smallest absolute Gasteiger partial charge is 0.343 e. The fourth-order valence-corrected chi connectivity index (χ4v) is 7.27. The lowest BCUT2D eigenvalue weighted by Gasteiger charge is -2.25. The molecule has 0 amide bonds. The number of ether oxygens (including phenoxy) is 5. The number of thiazole rings is 1. The first-order valence-electron chi connectivity index (χ1n) is 13.3. The third-order valence-corrected chi connectivity index (χ3v) is 8.67. The maximum Gasteiger partial charge on any atom is 0.343 e. The van der Waals surface area contributed by atoms with Crippen molar-refractivity contribution in [2.45, 2.75) is 26.8 Å². The van der Waals surface area contributed by atoms with E-state index in [-0.39, 0.29) is 31.0 Å². The van der Waals surface area contributed by atoms with Crippen LogP contribution in [-0.4, -0.2) is 50.0 Å². The van der Waals surface area contributed by atoms with Gasteiger partial charge in [-0.3, -0.25) is 9.36 Å². The Labute approximate surface area is 279 Å². The normalized spacial score (nSPS) is 14.3. The van der Waals surface area contributed by atoms with E-state index in [4.69, 9.17) is 25.4 Å². The molecule has 2 heterocycles. The summed E-state index contributed by atoms with van der Waals surface area (Å²) in [6, 6.07) is 7.87. The maximum atomic E-state index is 14.0. The van der Waals surface area contributed by atoms with Crippen molar-refractivity contribution < 1.29 is 33.3 Å². The van der Waals surface area contributed by atoms with Crippen LogP contribution in [-0.2, 0) is 19.1 Å². The Bertz CT molecular complexity index is 1830. The summed E-state index contributed by atoms with van der Waals surface area (Å²) in [6.07, 6.45) is 7.10. The van der Waals surface area contributed by atoms with Gasteiger partial charge in [0, 0.05) is 0 Å². The topological polar surface area (TPSA) is 115 Å². The first-order valence-corrected chi connectivity index (χ1v) is 16.0. The standard InChI is InChI=1S/C31H28BrIN2O8S/c1-6-11-42-28-20(32)12-18(13-21(28)33)14-24-29(37)35-27(26(30(38)41-8-3)17(4)34-31(35)44-24)19-9-10-22(23(15-19)40-7-2)43-16-25(36)39-5/h1,9-10,12-15,27H,7-8,11,16H2,2-5H3/b24-14-/t27-/m0/s1. The molecule has 2 aromatic carbocycles. The molecular weight excluding hydrogens is 767 g/mol. The molecular formula is C31H28BrIN2O8S. The van der Waals surface area contributed by atoms with Crippen LogP contribution in [0.4, 0.5) is 0 Å². The summed E-state index contributed by atoms with van der Waals surface area (Å²) in [4.78, 5) is 44.1. The van der Waals surface area contributed by atoms with Crippen LogP contribution in [0, 0.1) is 15.9 Å². The highest BCUT2D eigenvalue weighted by molar-refractivity contribution is 14.1. The Hall–Kier alpha value is -3.61. The van der Waals surface area contributed by atoms with Crippen LogP contribution in [0.5, 0.6) is 17.2 Å². The van der Waals surface area contributed by atoms with E-state index >= 15 is 0 Å². The van der Waals surface area contributed by atoms with Crippen LogP contribution in [0.1, 0.15) is 37.9 Å². The van der Waals surface area contributed by atoms with E-state index in [0.717, 1.165) is 9.13 Å². The Morgan fingerprint density at radius 3 is 2.59 bits per heavy atom. The second-order valence-corrected chi connectivity index (χ2v) is 12.1. The lowest BCUT2D eigenvalue weighted by molar-refractivity contribution is -0.143. The quantitative estimate of drug-likeness (QED) is 0.162. The van der Waals surface area contributed by atoms with Crippen molar-refractivity contribution in [1.82, 2.24) is 4.57 Å². The zero-order valence-corrected chi connectivity index (χ0v) is 28.8. The van der Waals surface area contributed by atoms with Crippen LogP contribution in [0.3, 0.4) is 0 Å². The zero-order chi connectivity index (χ0) is 32.0. The second kappa shape index (κ2) is 14.9. The number of terminal acetylenes is 1. The van der Waals surface area contributed by atoms with Gasteiger partial charge in [-0.15, -0.1) is 6.42 Å². The van der Waals surface area contributed by atoms with E-state index in [1.807, 2.05) is 12.1 Å². The van der Waals surface area contributed by atoms with Crippen molar-refractivity contribution in [2.24, 2.45) is 4.99 Å². The minimum absolute atomic E-state index is 0.123. The van der Waals surface area contributed by atoms with E-state index in [1.54, 1.807) is 45.0 Å². The number of fused-ring (bicyclic) bond motifs is 1. The Balaban J connectivity index is 1.88. The number of methoxy groups -OCH3 is 1. The Morgan fingerprint density at radius 1 is 1.16 bits per heavy atom. The average molecular weight is 795 g/mol. The molecule has 0 unspecified atom stereocenters. The fourth-order valence-electron chi connectivity index (χ4n) is 4.45. The molecule has 0 aliphatic carbocycles. The lowest BCUT2D eigenvalue weighted by atomic mass is 9.95. The first-order chi connectivity index (χ1) is 21.1. The van der Waals surface area contributed by atoms with Crippen molar-refractivity contribution in [2.75, 3.05) is 33.5 Å². The molecule has 0 N–H and O–H groups in total. The summed E-state index contributed by atoms with van der Waals surface area (Å²) < 4.78 is 30.5. The zero-order valence-electron chi connectivity index (χ0n) is 24.3. The van der Waals surface area contributed by atoms with Gasteiger partial charge in [-0.05, 0) is 101 Å². The number of aromatic nitrogens is 1. The van der Waals surface area contributed by atoms with Gasteiger partial charge in [-0.25, -0.2) is 14.6 Å². The van der Waals surface area contributed by atoms with Crippen molar-refractivity contribution in [3.63, 3.8) is 0 Å². The van der Waals surface area contributed by atoms with Crippen LogP contribution in [0.15, 0.2) is 55.9 Å². The third-order valence-electron chi connectivity index (χ3n) is 6.29. The minimum Gasteiger partial charge on any atom is -0.490 e. The number of allylic oxidation sites excluding steroid dienone is 1. The molecule has 0 fully saturated rings. The number of nitrogens with zero attached hydrogens (tertiary/aromatic N) is 2. The third kappa shape index (κ3) is 7.19. The molecule has 230 valence electrons. The SMILES string of the molecule is C#CCOc1c(Br)cc(/C=c2\sc3n(c2=O)[C@@H](c2ccc(OCC(=O)OC)c(OCC)c2)C(C(=O)OCC)=C(C)N=3)cc1I. The second-order valence-electron chi connectivity index (χ2n) is 9.11. The predicted octanol–water partition coefficient (Wildman–Crippen LogP) is 4.13. The van der Waals surface area contributed by atoms with E-state index in [1.165, 1.54) is 23.0 Å². The van der Waals surface area contributed by atoms with E-state index in [9.17, 15) is 14.4 Å². The molecule has 13 heteroatoms. The molecule has 4 rings (SSSR count). The van der Waals surface area contributed by atoms with E-state index in [0.29, 0.717) is 48.9 Å². The highest BCUT2D eigenvalue weighted by Crippen LogP contribution is 2.37. The van der Waals surface area contributed by atoms with Gasteiger partial charge in [0.05, 0.1) is 50.2 Å². The number of hydrogen-bond acceptors (Lipinski definition) is 10. The number of benzene rings is 2. The summed E-state index contributed by atoms with van der Waals surface area (Å²) in [5, 5.41) is 0. The van der Waals surface area contributed by atoms with E-state index < -0.39 is 18.0 Å². The molecule has 1 aliphatic rings. The highest BCUT2D eigenvalue weighted by atomic mass is 127. The van der Waals surface area contributed by atoms with Gasteiger partial charge < -0.3 is 23.7 Å². The van der Waals surface area contributed by atoms with Crippen molar-refractivity contribution in [3.8, 4) is 29.6 Å². The number of hydrogen-bond donors (Lipinski definition) is 0. The molecule has 1 aliphatic heterocycles. The highest BCUT2D eigenvalue weighted by Gasteiger charge is 2.34. The number of esters is 2. The molecule has 0 saturated heterocycles. The summed E-state index contributed by atoms with van der Waals surface area (Å²) >= 11 is 6.88. The van der Waals surface area contributed by atoms with Gasteiger partial charge in [0.15, 0.2) is 22.9 Å². The van der Waals surface area contributed by atoms with Crippen LogP contribution in [0.25, 0.3) is 6.08 Å². The number of rotatable bonds is 11. The van der Waals surface area contributed by atoms with Crippen LogP contribution < -0.4 is 29.1 Å². The van der Waals surface area contributed by atoms with Gasteiger partial charge in [0.25, 0.3) is 5.56 Å². The van der Waals surface area contributed by atoms with Gasteiger partial charge in [0.1, 0.15) is 12.4 Å². The maximum absolute atomic E-state index is 14.0. The summed E-state index contributed by atoms with van der Waals surface area (Å²) in [6.45, 7) is 5.49. The van der Waals surface area contributed by atoms with Crippen LogP contribution in [0.2, 0.25) is 0 Å². The van der Waals surface area contributed by atoms with E-state index in [2.05, 4.69) is 54.2 Å². The molecule has 0 spiro atoms. The van der Waals surface area contributed by atoms with Gasteiger partial charge in [0.2, 0.25) is 0 Å². The molecule has 0 saturated carbocycles. The summed E-state index contributed by atoms with van der Waals surface area (Å²) in [5.74, 6) is 2.57. The fraction of sp³-hybridized carbons (Fsp3) is 0.290. The number of carbonyl (C=O) groups is 2. The number of halogens is 2. The lowest BCUT2D eigenvalue weighted by Crippen LogP contribution is -2.40. The molecule has 10 nitrogen and oxygen atoms in total. The first kappa shape index (κ1) is 33.3. The van der Waals surface area contributed by atoms with Crippen LogP contribution >= 0.6 is 49.9 Å². The molecule has 0 bridgehead atoms. The largest absolute Gasteiger partial charge is 0.490 e.